The molecule has 11 heteroatoms. The van der Waals surface area contributed by atoms with E-state index in [0.29, 0.717) is 36.3 Å². The molecule has 11 nitrogen and oxygen atoms in total. The topological polar surface area (TPSA) is 159 Å². The van der Waals surface area contributed by atoms with E-state index in [4.69, 9.17) is 9.47 Å². The quantitative estimate of drug-likeness (QED) is 0.137. The number of ketones is 1. The fourth-order valence-electron chi connectivity index (χ4n) is 3.05. The highest BCUT2D eigenvalue weighted by molar-refractivity contribution is 6.09. The van der Waals surface area contributed by atoms with Gasteiger partial charge in [0.25, 0.3) is 11.4 Å². The number of benzene rings is 3. The van der Waals surface area contributed by atoms with E-state index in [0.717, 1.165) is 18.2 Å². The van der Waals surface area contributed by atoms with Crippen molar-refractivity contribution < 1.29 is 34.0 Å². The number of nitro benzene ring substituents is 2. The molecule has 0 bridgehead atoms. The number of non-ortho nitro benzene ring substituents is 2. The SMILES string of the molecule is O=C(OCCCCOc1ccc(C(=O)c2ccc(O)cc2)cc1)c1cc([N+](=O)[O-])cc([N+](=O)[O-])c1. The van der Waals surface area contributed by atoms with Crippen LogP contribution in [0.1, 0.15) is 39.1 Å². The first-order valence-electron chi connectivity index (χ1n) is 10.4. The lowest BCUT2D eigenvalue weighted by Crippen LogP contribution is -2.09. The molecule has 0 spiro atoms. The van der Waals surface area contributed by atoms with Crippen LogP contribution in [-0.4, -0.2) is 39.9 Å². The van der Waals surface area contributed by atoms with Crippen molar-refractivity contribution in [2.45, 2.75) is 12.8 Å². The van der Waals surface area contributed by atoms with Crippen LogP contribution in [0.2, 0.25) is 0 Å². The number of rotatable bonds is 11. The van der Waals surface area contributed by atoms with Crippen LogP contribution in [0.25, 0.3) is 0 Å². The molecule has 180 valence electrons. The number of hydrogen-bond donors (Lipinski definition) is 1. The highest BCUT2D eigenvalue weighted by atomic mass is 16.6. The molecular formula is C24H20N2O9. The summed E-state index contributed by atoms with van der Waals surface area (Å²) in [7, 11) is 0. The third-order valence-corrected chi connectivity index (χ3v) is 4.85. The predicted molar refractivity (Wildman–Crippen MR) is 123 cm³/mol. The molecule has 0 fully saturated rings. The second-order valence-electron chi connectivity index (χ2n) is 7.34. The fraction of sp³-hybridized carbons (Fsp3) is 0.167. The molecule has 0 aliphatic heterocycles. The lowest BCUT2D eigenvalue weighted by Gasteiger charge is -2.08. The van der Waals surface area contributed by atoms with E-state index in [9.17, 15) is 34.9 Å². The number of unbranched alkanes of at least 4 members (excludes halogenated alkanes) is 1. The Hall–Kier alpha value is -4.80. The summed E-state index contributed by atoms with van der Waals surface area (Å²) in [6.45, 7) is 0.309. The monoisotopic (exact) mass is 480 g/mol. The van der Waals surface area contributed by atoms with E-state index >= 15 is 0 Å². The van der Waals surface area contributed by atoms with Crippen molar-refractivity contribution in [3.05, 3.63) is 104 Å². The lowest BCUT2D eigenvalue weighted by molar-refractivity contribution is -0.394. The van der Waals surface area contributed by atoms with E-state index < -0.39 is 27.2 Å². The fourth-order valence-corrected chi connectivity index (χ4v) is 3.05. The Morgan fingerprint density at radius 2 is 1.26 bits per heavy atom. The van der Waals surface area contributed by atoms with Gasteiger partial charge in [0.05, 0.1) is 34.7 Å². The molecule has 0 unspecified atom stereocenters. The average Bonchev–Trinajstić information content (AvgIpc) is 2.86. The number of esters is 1. The van der Waals surface area contributed by atoms with Crippen molar-refractivity contribution in [3.63, 3.8) is 0 Å². The number of aromatic hydroxyl groups is 1. The van der Waals surface area contributed by atoms with Crippen LogP contribution < -0.4 is 4.74 Å². The summed E-state index contributed by atoms with van der Waals surface area (Å²) in [6, 6.07) is 15.1. The minimum Gasteiger partial charge on any atom is -0.508 e. The first-order valence-corrected chi connectivity index (χ1v) is 10.4. The second kappa shape index (κ2) is 11.4. The van der Waals surface area contributed by atoms with Crippen molar-refractivity contribution in [2.75, 3.05) is 13.2 Å². The smallest absolute Gasteiger partial charge is 0.338 e. The number of phenols is 1. The molecule has 3 rings (SSSR count). The summed E-state index contributed by atoms with van der Waals surface area (Å²) < 4.78 is 10.7. The van der Waals surface area contributed by atoms with Crippen LogP contribution >= 0.6 is 0 Å². The van der Waals surface area contributed by atoms with E-state index in [-0.39, 0.29) is 23.7 Å². The third-order valence-electron chi connectivity index (χ3n) is 4.85. The summed E-state index contributed by atoms with van der Waals surface area (Å²) in [5.41, 5.74) is -0.503. The first-order chi connectivity index (χ1) is 16.7. The number of nitrogens with zero attached hydrogens (tertiary/aromatic N) is 2. The van der Waals surface area contributed by atoms with Crippen LogP contribution in [0.3, 0.4) is 0 Å². The maximum absolute atomic E-state index is 12.4. The van der Waals surface area contributed by atoms with Crippen LogP contribution in [0.4, 0.5) is 11.4 Å². The molecular weight excluding hydrogens is 460 g/mol. The van der Waals surface area contributed by atoms with Gasteiger partial charge in [0.2, 0.25) is 0 Å². The van der Waals surface area contributed by atoms with Crippen molar-refractivity contribution in [1.82, 2.24) is 0 Å². The number of hydrogen-bond acceptors (Lipinski definition) is 9. The van der Waals surface area contributed by atoms with Gasteiger partial charge in [-0.2, -0.15) is 0 Å². The Morgan fingerprint density at radius 1 is 0.743 bits per heavy atom. The summed E-state index contributed by atoms with van der Waals surface area (Å²) in [5.74, 6) is -0.458. The van der Waals surface area contributed by atoms with Crippen molar-refractivity contribution >= 4 is 23.1 Å². The van der Waals surface area contributed by atoms with Gasteiger partial charge in [0.15, 0.2) is 5.78 Å². The number of nitro groups is 2. The van der Waals surface area contributed by atoms with E-state index in [1.165, 1.54) is 24.3 Å². The number of carbonyl (C=O) groups excluding carboxylic acids is 2. The van der Waals surface area contributed by atoms with Crippen molar-refractivity contribution in [3.8, 4) is 11.5 Å². The summed E-state index contributed by atoms with van der Waals surface area (Å²) in [6.07, 6.45) is 0.955. The predicted octanol–water partition coefficient (Wildman–Crippen LogP) is 4.46. The highest BCUT2D eigenvalue weighted by Crippen LogP contribution is 2.23. The van der Waals surface area contributed by atoms with Gasteiger partial charge < -0.3 is 14.6 Å². The van der Waals surface area contributed by atoms with Crippen LogP contribution in [0, 0.1) is 20.2 Å². The largest absolute Gasteiger partial charge is 0.508 e. The Labute approximate surface area is 198 Å². The van der Waals surface area contributed by atoms with Crippen LogP contribution in [-0.2, 0) is 4.74 Å². The van der Waals surface area contributed by atoms with Crippen LogP contribution in [0.5, 0.6) is 11.5 Å². The van der Waals surface area contributed by atoms with Crippen molar-refractivity contribution in [1.29, 1.82) is 0 Å². The minimum atomic E-state index is -0.897. The zero-order chi connectivity index (χ0) is 25.4. The molecule has 0 aromatic heterocycles. The summed E-state index contributed by atoms with van der Waals surface area (Å²) in [4.78, 5) is 44.7. The molecule has 0 atom stereocenters. The van der Waals surface area contributed by atoms with Gasteiger partial charge in [-0.25, -0.2) is 4.79 Å². The number of phenolic OH excluding ortho intramolecular Hbond substituents is 1. The molecule has 0 saturated heterocycles. The Kier molecular flexibility index (Phi) is 8.06. The van der Waals surface area contributed by atoms with Gasteiger partial charge in [-0.15, -0.1) is 0 Å². The molecule has 0 aliphatic rings. The molecule has 35 heavy (non-hydrogen) atoms. The highest BCUT2D eigenvalue weighted by Gasteiger charge is 2.20. The van der Waals surface area contributed by atoms with Crippen molar-refractivity contribution in [2.24, 2.45) is 0 Å². The minimum absolute atomic E-state index is 0.00124. The van der Waals surface area contributed by atoms with Gasteiger partial charge in [0.1, 0.15) is 11.5 Å². The molecule has 0 heterocycles. The summed E-state index contributed by atoms with van der Waals surface area (Å²) >= 11 is 0. The molecule has 0 saturated carbocycles. The molecule has 0 aliphatic carbocycles. The number of carbonyl (C=O) groups is 2. The van der Waals surface area contributed by atoms with Gasteiger partial charge >= 0.3 is 5.97 Å². The van der Waals surface area contributed by atoms with Crippen LogP contribution in [0.15, 0.2) is 66.7 Å². The summed E-state index contributed by atoms with van der Waals surface area (Å²) in [5, 5.41) is 31.2. The first kappa shape index (κ1) is 24.8. The maximum Gasteiger partial charge on any atom is 0.338 e. The van der Waals surface area contributed by atoms with Gasteiger partial charge in [-0.3, -0.25) is 25.0 Å². The zero-order valence-electron chi connectivity index (χ0n) is 18.3. The Balaban J connectivity index is 1.43. The second-order valence-corrected chi connectivity index (χ2v) is 7.34. The maximum atomic E-state index is 12.4. The Bertz CT molecular complexity index is 1210. The molecule has 0 amide bonds. The zero-order valence-corrected chi connectivity index (χ0v) is 18.3. The van der Waals surface area contributed by atoms with Gasteiger partial charge in [-0.05, 0) is 61.4 Å². The molecule has 3 aromatic carbocycles. The molecule has 3 aromatic rings. The van der Waals surface area contributed by atoms with Gasteiger partial charge in [-0.1, -0.05) is 0 Å². The van der Waals surface area contributed by atoms with Gasteiger partial charge in [0, 0.05) is 23.3 Å². The lowest BCUT2D eigenvalue weighted by atomic mass is 10.0. The normalized spacial score (nSPS) is 10.4. The van der Waals surface area contributed by atoms with E-state index in [1.807, 2.05) is 0 Å². The average molecular weight is 480 g/mol. The Morgan fingerprint density at radius 3 is 1.80 bits per heavy atom. The molecule has 1 N–H and O–H groups in total. The number of ether oxygens (including phenoxy) is 2. The van der Waals surface area contributed by atoms with E-state index in [2.05, 4.69) is 0 Å². The third kappa shape index (κ3) is 6.84. The van der Waals surface area contributed by atoms with E-state index in [1.54, 1.807) is 24.3 Å². The molecule has 0 radical (unpaired) electrons. The standard InChI is InChI=1S/C24H20N2O9/c27-21-7-3-16(4-8-21)23(28)17-5-9-22(10-6-17)34-11-1-2-12-35-24(29)18-13-19(25(30)31)15-20(14-18)26(32)33/h3-10,13-15,27H,1-2,11-12H2.